The smallest absolute Gasteiger partial charge is 0.315 e. The number of hydrogen-bond acceptors (Lipinski definition) is 3. The van der Waals surface area contributed by atoms with Crippen LogP contribution in [0, 0.1) is 11.6 Å². The van der Waals surface area contributed by atoms with E-state index in [4.69, 9.17) is 0 Å². The molecule has 0 radical (unpaired) electrons. The molecule has 6 nitrogen and oxygen atoms in total. The highest BCUT2D eigenvalue weighted by Crippen LogP contribution is 2.15. The number of hydrogen-bond donors (Lipinski definition) is 3. The molecule has 0 spiro atoms. The quantitative estimate of drug-likeness (QED) is 0.755. The zero-order valence-electron chi connectivity index (χ0n) is 12.5. The second-order valence-corrected chi connectivity index (χ2v) is 5.17. The van der Waals surface area contributed by atoms with Crippen molar-refractivity contribution in [2.24, 2.45) is 0 Å². The minimum Gasteiger partial charge on any atom is -0.387 e. The molecule has 0 aliphatic rings. The number of benzene rings is 1. The number of carbonyl (C=O) groups is 1. The summed E-state index contributed by atoms with van der Waals surface area (Å²) in [4.78, 5) is 11.7. The van der Waals surface area contributed by atoms with Crippen LogP contribution >= 0.6 is 0 Å². The van der Waals surface area contributed by atoms with Crippen molar-refractivity contribution in [1.29, 1.82) is 0 Å². The largest absolute Gasteiger partial charge is 0.387 e. The standard InChI is InChI=1S/C15H18F2N4O2/c1-10(9-21-6-2-5-19-21)20-15(23)18-8-14(22)11-3-4-12(16)13(17)7-11/h2-7,10,14,22H,8-9H2,1H3,(H2,18,20,23)/t10-,14+/m0/s1. The molecule has 0 saturated heterocycles. The number of halogens is 2. The molecule has 1 aromatic carbocycles. The SMILES string of the molecule is C[C@@H](Cn1cccn1)NC(=O)NC[C@@H](O)c1ccc(F)c(F)c1. The summed E-state index contributed by atoms with van der Waals surface area (Å²) in [6.45, 7) is 2.20. The van der Waals surface area contributed by atoms with E-state index >= 15 is 0 Å². The van der Waals surface area contributed by atoms with Crippen molar-refractivity contribution in [1.82, 2.24) is 20.4 Å². The van der Waals surface area contributed by atoms with Crippen LogP contribution in [0.2, 0.25) is 0 Å². The number of aliphatic hydroxyl groups is 1. The maximum atomic E-state index is 13.1. The summed E-state index contributed by atoms with van der Waals surface area (Å²) in [7, 11) is 0. The summed E-state index contributed by atoms with van der Waals surface area (Å²) in [5, 5.41) is 19.1. The first-order valence-electron chi connectivity index (χ1n) is 7.10. The molecule has 0 bridgehead atoms. The summed E-state index contributed by atoms with van der Waals surface area (Å²) in [5.41, 5.74) is 0.189. The molecule has 0 unspecified atom stereocenters. The molecule has 23 heavy (non-hydrogen) atoms. The van der Waals surface area contributed by atoms with Gasteiger partial charge in [0, 0.05) is 25.0 Å². The first-order chi connectivity index (χ1) is 11.0. The van der Waals surface area contributed by atoms with E-state index in [9.17, 15) is 18.7 Å². The average molecular weight is 324 g/mol. The molecule has 0 saturated carbocycles. The van der Waals surface area contributed by atoms with Gasteiger partial charge in [0.1, 0.15) is 0 Å². The molecule has 2 amide bonds. The Balaban J connectivity index is 1.77. The number of nitrogens with zero attached hydrogens (tertiary/aromatic N) is 2. The third-order valence-corrected chi connectivity index (χ3v) is 3.18. The number of nitrogens with one attached hydrogen (secondary N) is 2. The maximum Gasteiger partial charge on any atom is 0.315 e. The van der Waals surface area contributed by atoms with Crippen molar-refractivity contribution in [3.05, 3.63) is 53.9 Å². The second-order valence-electron chi connectivity index (χ2n) is 5.17. The topological polar surface area (TPSA) is 79.2 Å². The Morgan fingerprint density at radius 3 is 2.83 bits per heavy atom. The van der Waals surface area contributed by atoms with Gasteiger partial charge in [-0.15, -0.1) is 0 Å². The fourth-order valence-corrected chi connectivity index (χ4v) is 2.04. The van der Waals surface area contributed by atoms with Gasteiger partial charge in [-0.1, -0.05) is 6.07 Å². The Morgan fingerprint density at radius 1 is 1.39 bits per heavy atom. The lowest BCUT2D eigenvalue weighted by Crippen LogP contribution is -2.43. The number of rotatable bonds is 6. The van der Waals surface area contributed by atoms with Gasteiger partial charge in [0.2, 0.25) is 0 Å². The second kappa shape index (κ2) is 7.68. The van der Waals surface area contributed by atoms with Crippen molar-refractivity contribution in [3.63, 3.8) is 0 Å². The van der Waals surface area contributed by atoms with Gasteiger partial charge < -0.3 is 15.7 Å². The first kappa shape index (κ1) is 16.9. The summed E-state index contributed by atoms with van der Waals surface area (Å²) in [6, 6.07) is 4.25. The minimum absolute atomic E-state index is 0.120. The third kappa shape index (κ3) is 5.03. The Labute approximate surface area is 132 Å². The van der Waals surface area contributed by atoms with Gasteiger partial charge in [0.15, 0.2) is 11.6 Å². The molecule has 1 aromatic heterocycles. The Kier molecular flexibility index (Phi) is 5.64. The van der Waals surface area contributed by atoms with Crippen molar-refractivity contribution < 1.29 is 18.7 Å². The predicted octanol–water partition coefficient (Wildman–Crippen LogP) is 1.58. The molecule has 124 valence electrons. The van der Waals surface area contributed by atoms with Gasteiger partial charge in [-0.25, -0.2) is 13.6 Å². The molecule has 0 aliphatic heterocycles. The molecule has 0 fully saturated rings. The monoisotopic (exact) mass is 324 g/mol. The van der Waals surface area contributed by atoms with Crippen LogP contribution < -0.4 is 10.6 Å². The number of aromatic nitrogens is 2. The fourth-order valence-electron chi connectivity index (χ4n) is 2.04. The first-order valence-corrected chi connectivity index (χ1v) is 7.10. The highest BCUT2D eigenvalue weighted by atomic mass is 19.2. The molecule has 2 rings (SSSR count). The number of carbonyl (C=O) groups excluding carboxylic acids is 1. The normalized spacial score (nSPS) is 13.4. The lowest BCUT2D eigenvalue weighted by molar-refractivity contribution is 0.172. The van der Waals surface area contributed by atoms with Gasteiger partial charge in [0.25, 0.3) is 0 Å². The van der Waals surface area contributed by atoms with Gasteiger partial charge in [-0.3, -0.25) is 4.68 Å². The van der Waals surface area contributed by atoms with E-state index in [1.54, 1.807) is 23.1 Å². The molecule has 1 heterocycles. The molecule has 0 aliphatic carbocycles. The van der Waals surface area contributed by atoms with Gasteiger partial charge in [0.05, 0.1) is 12.6 Å². The van der Waals surface area contributed by atoms with Crippen LogP contribution in [-0.2, 0) is 6.54 Å². The molecule has 2 aromatic rings. The van der Waals surface area contributed by atoms with E-state index < -0.39 is 23.8 Å². The number of amides is 2. The minimum atomic E-state index is -1.13. The van der Waals surface area contributed by atoms with Crippen molar-refractivity contribution in [2.75, 3.05) is 6.54 Å². The maximum absolute atomic E-state index is 13.1. The van der Waals surface area contributed by atoms with Crippen molar-refractivity contribution in [2.45, 2.75) is 25.6 Å². The lowest BCUT2D eigenvalue weighted by Gasteiger charge is -2.16. The van der Waals surface area contributed by atoms with E-state index in [0.29, 0.717) is 6.54 Å². The fraction of sp³-hybridized carbons (Fsp3) is 0.333. The van der Waals surface area contributed by atoms with Gasteiger partial charge in [-0.2, -0.15) is 5.10 Å². The third-order valence-electron chi connectivity index (χ3n) is 3.18. The molecular formula is C15H18F2N4O2. The van der Waals surface area contributed by atoms with E-state index in [1.165, 1.54) is 6.07 Å². The zero-order valence-corrected chi connectivity index (χ0v) is 12.5. The Bertz CT molecular complexity index is 649. The summed E-state index contributed by atoms with van der Waals surface area (Å²) >= 11 is 0. The Morgan fingerprint density at radius 2 is 2.17 bits per heavy atom. The molecule has 8 heteroatoms. The average Bonchev–Trinajstić information content (AvgIpc) is 3.00. The van der Waals surface area contributed by atoms with Gasteiger partial charge >= 0.3 is 6.03 Å². The van der Waals surface area contributed by atoms with Crippen molar-refractivity contribution >= 4 is 6.03 Å². The van der Waals surface area contributed by atoms with Gasteiger partial charge in [-0.05, 0) is 30.7 Å². The molecular weight excluding hydrogens is 306 g/mol. The van der Waals surface area contributed by atoms with Crippen LogP contribution in [0.15, 0.2) is 36.7 Å². The van der Waals surface area contributed by atoms with E-state index in [1.807, 2.05) is 6.92 Å². The van der Waals surface area contributed by atoms with E-state index in [0.717, 1.165) is 12.1 Å². The summed E-state index contributed by atoms with van der Waals surface area (Å²) in [5.74, 6) is -2.03. The van der Waals surface area contributed by atoms with E-state index in [2.05, 4.69) is 15.7 Å². The summed E-state index contributed by atoms with van der Waals surface area (Å²) < 4.78 is 27.6. The predicted molar refractivity (Wildman–Crippen MR) is 79.5 cm³/mol. The zero-order chi connectivity index (χ0) is 16.8. The Hall–Kier alpha value is -2.48. The highest BCUT2D eigenvalue weighted by molar-refractivity contribution is 5.74. The number of urea groups is 1. The van der Waals surface area contributed by atoms with E-state index in [-0.39, 0.29) is 18.2 Å². The van der Waals surface area contributed by atoms with Crippen LogP contribution in [0.4, 0.5) is 13.6 Å². The van der Waals surface area contributed by atoms with Crippen molar-refractivity contribution in [3.8, 4) is 0 Å². The van der Waals surface area contributed by atoms with Crippen LogP contribution in [0.1, 0.15) is 18.6 Å². The number of aliphatic hydroxyl groups excluding tert-OH is 1. The van der Waals surface area contributed by atoms with Crippen LogP contribution in [0.3, 0.4) is 0 Å². The van der Waals surface area contributed by atoms with Crippen LogP contribution in [0.25, 0.3) is 0 Å². The summed E-state index contributed by atoms with van der Waals surface area (Å²) in [6.07, 6.45) is 2.30. The molecule has 3 N–H and O–H groups in total. The van der Waals surface area contributed by atoms with Crippen LogP contribution in [0.5, 0.6) is 0 Å². The highest BCUT2D eigenvalue weighted by Gasteiger charge is 2.13. The lowest BCUT2D eigenvalue weighted by atomic mass is 10.1. The molecule has 2 atom stereocenters. The van der Waals surface area contributed by atoms with Crippen LogP contribution in [-0.4, -0.2) is 33.5 Å².